The Bertz CT molecular complexity index is 910. The SMILES string of the molecule is Cc1ccc2nc(C)c(C(=O)NCC(CO)Cc3ccccn3)cc2c1. The van der Waals surface area contributed by atoms with E-state index in [1.165, 1.54) is 0 Å². The van der Waals surface area contributed by atoms with Crippen LogP contribution in [0, 0.1) is 19.8 Å². The number of aryl methyl sites for hydroxylation is 2. The third-order valence-corrected chi connectivity index (χ3v) is 4.44. The van der Waals surface area contributed by atoms with Crippen LogP contribution in [0.25, 0.3) is 10.9 Å². The van der Waals surface area contributed by atoms with E-state index in [4.69, 9.17) is 0 Å². The second-order valence-electron chi connectivity index (χ2n) is 6.60. The van der Waals surface area contributed by atoms with Gasteiger partial charge in [0.1, 0.15) is 0 Å². The molecule has 1 unspecified atom stereocenters. The van der Waals surface area contributed by atoms with Crippen molar-refractivity contribution in [3.63, 3.8) is 0 Å². The van der Waals surface area contributed by atoms with Gasteiger partial charge in [-0.3, -0.25) is 14.8 Å². The lowest BCUT2D eigenvalue weighted by atomic mass is 10.0. The van der Waals surface area contributed by atoms with Gasteiger partial charge in [-0.15, -0.1) is 0 Å². The second-order valence-corrected chi connectivity index (χ2v) is 6.60. The average Bonchev–Trinajstić information content (AvgIpc) is 2.65. The van der Waals surface area contributed by atoms with Crippen LogP contribution in [0.2, 0.25) is 0 Å². The van der Waals surface area contributed by atoms with E-state index in [-0.39, 0.29) is 18.4 Å². The van der Waals surface area contributed by atoms with Crippen molar-refractivity contribution in [2.75, 3.05) is 13.2 Å². The van der Waals surface area contributed by atoms with Crippen LogP contribution in [0.15, 0.2) is 48.7 Å². The third-order valence-electron chi connectivity index (χ3n) is 4.44. The molecule has 26 heavy (non-hydrogen) atoms. The van der Waals surface area contributed by atoms with Crippen LogP contribution in [0.4, 0.5) is 0 Å². The maximum atomic E-state index is 12.6. The molecule has 0 bridgehead atoms. The van der Waals surface area contributed by atoms with Crippen LogP contribution in [-0.2, 0) is 6.42 Å². The van der Waals surface area contributed by atoms with Crippen molar-refractivity contribution in [2.45, 2.75) is 20.3 Å². The molecule has 0 aliphatic carbocycles. The molecule has 134 valence electrons. The number of nitrogens with one attached hydrogen (secondary N) is 1. The van der Waals surface area contributed by atoms with E-state index in [1.807, 2.05) is 56.3 Å². The number of aliphatic hydroxyl groups is 1. The minimum absolute atomic E-state index is 0.00893. The van der Waals surface area contributed by atoms with Crippen molar-refractivity contribution in [3.8, 4) is 0 Å². The van der Waals surface area contributed by atoms with E-state index in [2.05, 4.69) is 15.3 Å². The van der Waals surface area contributed by atoms with Gasteiger partial charge in [0.05, 0.1) is 16.8 Å². The number of aliphatic hydroxyl groups excluding tert-OH is 1. The first-order valence-electron chi connectivity index (χ1n) is 8.74. The maximum Gasteiger partial charge on any atom is 0.253 e. The Kier molecular flexibility index (Phi) is 5.58. The van der Waals surface area contributed by atoms with E-state index < -0.39 is 0 Å². The van der Waals surface area contributed by atoms with Gasteiger partial charge in [0.2, 0.25) is 0 Å². The summed E-state index contributed by atoms with van der Waals surface area (Å²) in [5.74, 6) is -0.248. The first kappa shape index (κ1) is 18.0. The molecule has 0 fully saturated rings. The van der Waals surface area contributed by atoms with Crippen LogP contribution in [0.5, 0.6) is 0 Å². The maximum absolute atomic E-state index is 12.6. The molecule has 2 heterocycles. The Labute approximate surface area is 153 Å². The Morgan fingerprint density at radius 3 is 2.77 bits per heavy atom. The highest BCUT2D eigenvalue weighted by Gasteiger charge is 2.15. The predicted molar refractivity (Wildman–Crippen MR) is 102 cm³/mol. The van der Waals surface area contributed by atoms with Gasteiger partial charge in [0, 0.05) is 36.3 Å². The fourth-order valence-corrected chi connectivity index (χ4v) is 2.97. The summed E-state index contributed by atoms with van der Waals surface area (Å²) in [6.07, 6.45) is 2.35. The van der Waals surface area contributed by atoms with Crippen molar-refractivity contribution in [1.82, 2.24) is 15.3 Å². The number of pyridine rings is 2. The van der Waals surface area contributed by atoms with Crippen LogP contribution in [0.3, 0.4) is 0 Å². The number of fused-ring (bicyclic) bond motifs is 1. The fraction of sp³-hybridized carbons (Fsp3) is 0.286. The largest absolute Gasteiger partial charge is 0.396 e. The van der Waals surface area contributed by atoms with Gasteiger partial charge >= 0.3 is 0 Å². The molecule has 0 saturated carbocycles. The van der Waals surface area contributed by atoms with Crippen LogP contribution >= 0.6 is 0 Å². The van der Waals surface area contributed by atoms with Gasteiger partial charge in [-0.2, -0.15) is 0 Å². The summed E-state index contributed by atoms with van der Waals surface area (Å²) < 4.78 is 0. The summed E-state index contributed by atoms with van der Waals surface area (Å²) in [4.78, 5) is 21.4. The second kappa shape index (κ2) is 8.06. The summed E-state index contributed by atoms with van der Waals surface area (Å²) in [6, 6.07) is 13.6. The van der Waals surface area contributed by atoms with E-state index in [9.17, 15) is 9.90 Å². The molecule has 3 aromatic rings. The molecule has 3 rings (SSSR count). The highest BCUT2D eigenvalue weighted by atomic mass is 16.3. The molecule has 0 aliphatic heterocycles. The van der Waals surface area contributed by atoms with Gasteiger partial charge < -0.3 is 10.4 Å². The van der Waals surface area contributed by atoms with Gasteiger partial charge in [0.15, 0.2) is 0 Å². The fourth-order valence-electron chi connectivity index (χ4n) is 2.97. The van der Waals surface area contributed by atoms with Crippen molar-refractivity contribution in [3.05, 3.63) is 71.2 Å². The molecule has 5 nitrogen and oxygen atoms in total. The van der Waals surface area contributed by atoms with Gasteiger partial charge in [-0.1, -0.05) is 17.7 Å². The van der Waals surface area contributed by atoms with Gasteiger partial charge in [0.25, 0.3) is 5.91 Å². The quantitative estimate of drug-likeness (QED) is 0.717. The van der Waals surface area contributed by atoms with Crippen LogP contribution < -0.4 is 5.32 Å². The zero-order valence-electron chi connectivity index (χ0n) is 15.1. The number of carbonyl (C=O) groups excluding carboxylic acids is 1. The number of carbonyl (C=O) groups is 1. The number of benzene rings is 1. The van der Waals surface area contributed by atoms with E-state index in [0.29, 0.717) is 24.2 Å². The number of hydrogen-bond donors (Lipinski definition) is 2. The standard InChI is InChI=1S/C21H23N3O2/c1-14-6-7-20-17(9-14)11-19(15(2)24-20)21(26)23-12-16(13-25)10-18-5-3-4-8-22-18/h3-9,11,16,25H,10,12-13H2,1-2H3,(H,23,26). The van der Waals surface area contributed by atoms with Gasteiger partial charge in [-0.25, -0.2) is 0 Å². The molecule has 1 aromatic carbocycles. The minimum atomic E-state index is -0.169. The zero-order chi connectivity index (χ0) is 18.5. The number of rotatable bonds is 6. The monoisotopic (exact) mass is 349 g/mol. The summed E-state index contributed by atoms with van der Waals surface area (Å²) in [5, 5.41) is 13.5. The molecular weight excluding hydrogens is 326 g/mol. The molecule has 2 N–H and O–H groups in total. The Morgan fingerprint density at radius 2 is 2.04 bits per heavy atom. The lowest BCUT2D eigenvalue weighted by Gasteiger charge is -2.15. The number of aromatic nitrogens is 2. The van der Waals surface area contributed by atoms with E-state index in [0.717, 1.165) is 22.2 Å². The molecule has 1 amide bonds. The summed E-state index contributed by atoms with van der Waals surface area (Å²) in [6.45, 7) is 4.23. The Balaban J connectivity index is 1.71. The lowest BCUT2D eigenvalue weighted by molar-refractivity contribution is 0.0939. The van der Waals surface area contributed by atoms with Gasteiger partial charge in [-0.05, 0) is 50.6 Å². The number of amides is 1. The Morgan fingerprint density at radius 1 is 1.19 bits per heavy atom. The molecule has 0 aliphatic rings. The highest BCUT2D eigenvalue weighted by molar-refractivity contribution is 5.98. The molecule has 0 spiro atoms. The Hall–Kier alpha value is -2.79. The number of nitrogens with zero attached hydrogens (tertiary/aromatic N) is 2. The minimum Gasteiger partial charge on any atom is -0.396 e. The molecular formula is C21H23N3O2. The van der Waals surface area contributed by atoms with Crippen molar-refractivity contribution < 1.29 is 9.90 Å². The predicted octanol–water partition coefficient (Wildman–Crippen LogP) is 2.83. The zero-order valence-corrected chi connectivity index (χ0v) is 15.1. The smallest absolute Gasteiger partial charge is 0.253 e. The normalized spacial score (nSPS) is 12.1. The molecule has 0 radical (unpaired) electrons. The lowest BCUT2D eigenvalue weighted by Crippen LogP contribution is -2.32. The van der Waals surface area contributed by atoms with E-state index >= 15 is 0 Å². The molecule has 5 heteroatoms. The summed E-state index contributed by atoms with van der Waals surface area (Å²) in [5.41, 5.74) is 4.18. The van der Waals surface area contributed by atoms with E-state index in [1.54, 1.807) is 6.20 Å². The summed E-state index contributed by atoms with van der Waals surface area (Å²) >= 11 is 0. The molecule has 1 atom stereocenters. The first-order valence-corrected chi connectivity index (χ1v) is 8.74. The van der Waals surface area contributed by atoms with Crippen molar-refractivity contribution >= 4 is 16.8 Å². The average molecular weight is 349 g/mol. The van der Waals surface area contributed by atoms with Crippen molar-refractivity contribution in [1.29, 1.82) is 0 Å². The molecule has 2 aromatic heterocycles. The van der Waals surface area contributed by atoms with Crippen LogP contribution in [-0.4, -0.2) is 34.1 Å². The topological polar surface area (TPSA) is 75.1 Å². The highest BCUT2D eigenvalue weighted by Crippen LogP contribution is 2.18. The third kappa shape index (κ3) is 4.24. The number of hydrogen-bond acceptors (Lipinski definition) is 4. The molecule has 0 saturated heterocycles. The first-order chi connectivity index (χ1) is 12.6. The van der Waals surface area contributed by atoms with Crippen molar-refractivity contribution in [2.24, 2.45) is 5.92 Å². The summed E-state index contributed by atoms with van der Waals surface area (Å²) in [7, 11) is 0. The van der Waals surface area contributed by atoms with Crippen LogP contribution in [0.1, 0.15) is 27.3 Å².